The number of sulfonamides is 1. The number of hydrogen-bond donors (Lipinski definition) is 6. The summed E-state index contributed by atoms with van der Waals surface area (Å²) in [4.78, 5) is 25.2. The van der Waals surface area contributed by atoms with Crippen LogP contribution in [0.2, 0.25) is 0 Å². The maximum atomic E-state index is 13.1. The van der Waals surface area contributed by atoms with Gasteiger partial charge in [0, 0.05) is 30.6 Å². The molecule has 2 heterocycles. The molecule has 1 aliphatic rings. The van der Waals surface area contributed by atoms with Crippen molar-refractivity contribution in [2.75, 3.05) is 13.1 Å². The Bertz CT molecular complexity index is 1740. The van der Waals surface area contributed by atoms with Gasteiger partial charge in [-0.1, -0.05) is 48.5 Å². The van der Waals surface area contributed by atoms with Crippen LogP contribution in [0.4, 0.5) is 0 Å². The van der Waals surface area contributed by atoms with E-state index in [1.54, 1.807) is 36.5 Å². The molecule has 6 N–H and O–H groups in total. The van der Waals surface area contributed by atoms with E-state index >= 15 is 0 Å². The summed E-state index contributed by atoms with van der Waals surface area (Å²) in [5.74, 6) is -2.32. The number of benzene rings is 3. The molecule has 0 bridgehead atoms. The predicted octanol–water partition coefficient (Wildman–Crippen LogP) is 2.18. The van der Waals surface area contributed by atoms with E-state index in [1.807, 2.05) is 47.3 Å². The smallest absolute Gasteiger partial charge is 0.345 e. The molecular formula is C30H33N7O5S. The summed E-state index contributed by atoms with van der Waals surface area (Å²) in [6.07, 6.45) is 6.36. The Labute approximate surface area is 249 Å². The van der Waals surface area contributed by atoms with E-state index in [4.69, 9.17) is 0 Å². The van der Waals surface area contributed by atoms with Crippen molar-refractivity contribution < 1.29 is 23.1 Å². The number of rotatable bonds is 12. The summed E-state index contributed by atoms with van der Waals surface area (Å²) < 4.78 is 30.3. The Morgan fingerprint density at radius 1 is 1.07 bits per heavy atom. The van der Waals surface area contributed by atoms with Gasteiger partial charge < -0.3 is 15.7 Å². The number of hydrogen-bond acceptors (Lipinski definition) is 8. The van der Waals surface area contributed by atoms with Gasteiger partial charge in [-0.05, 0) is 61.0 Å². The van der Waals surface area contributed by atoms with Crippen LogP contribution >= 0.6 is 0 Å². The molecular weight excluding hydrogens is 570 g/mol. The van der Waals surface area contributed by atoms with Crippen molar-refractivity contribution in [3.8, 4) is 11.1 Å². The minimum atomic E-state index is -4.31. The van der Waals surface area contributed by atoms with Gasteiger partial charge in [0.1, 0.15) is 6.29 Å². The van der Waals surface area contributed by atoms with Crippen LogP contribution < -0.4 is 26.0 Å². The highest BCUT2D eigenvalue weighted by Gasteiger charge is 2.40. The van der Waals surface area contributed by atoms with Crippen molar-refractivity contribution in [3.63, 3.8) is 0 Å². The molecule has 0 fully saturated rings. The molecule has 0 aliphatic carbocycles. The van der Waals surface area contributed by atoms with Crippen LogP contribution in [0.1, 0.15) is 23.7 Å². The summed E-state index contributed by atoms with van der Waals surface area (Å²) >= 11 is 0. The van der Waals surface area contributed by atoms with Crippen LogP contribution in [0.3, 0.4) is 0 Å². The van der Waals surface area contributed by atoms with E-state index in [0.29, 0.717) is 11.9 Å². The fourth-order valence-corrected chi connectivity index (χ4v) is 5.98. The van der Waals surface area contributed by atoms with Gasteiger partial charge in [0.2, 0.25) is 15.7 Å². The van der Waals surface area contributed by atoms with E-state index in [9.17, 15) is 23.1 Å². The average Bonchev–Trinajstić information content (AvgIpc) is 3.42. The van der Waals surface area contributed by atoms with Gasteiger partial charge in [0.15, 0.2) is 0 Å². The summed E-state index contributed by atoms with van der Waals surface area (Å²) in [5.41, 5.74) is 0.363. The Morgan fingerprint density at radius 2 is 1.81 bits per heavy atom. The van der Waals surface area contributed by atoms with Crippen LogP contribution in [-0.4, -0.2) is 60.2 Å². The predicted molar refractivity (Wildman–Crippen MR) is 162 cm³/mol. The minimum Gasteiger partial charge on any atom is -0.478 e. The Morgan fingerprint density at radius 3 is 2.51 bits per heavy atom. The topological polar surface area (TPSA) is 166 Å². The van der Waals surface area contributed by atoms with Crippen molar-refractivity contribution in [1.29, 1.82) is 0 Å². The van der Waals surface area contributed by atoms with E-state index in [0.717, 1.165) is 43.1 Å². The minimum absolute atomic E-state index is 0.0154. The first-order valence-corrected chi connectivity index (χ1v) is 15.2. The molecule has 12 nitrogen and oxygen atoms in total. The molecule has 0 radical (unpaired) electrons. The summed E-state index contributed by atoms with van der Waals surface area (Å²) in [6, 6.07) is 20.3. The molecule has 13 heteroatoms. The maximum absolute atomic E-state index is 13.1. The maximum Gasteiger partial charge on any atom is 0.345 e. The molecule has 2 atom stereocenters. The number of aryl methyl sites for hydroxylation is 1. The molecule has 0 saturated carbocycles. The van der Waals surface area contributed by atoms with Crippen molar-refractivity contribution >= 4 is 32.8 Å². The van der Waals surface area contributed by atoms with Crippen LogP contribution in [0.5, 0.6) is 0 Å². The molecule has 1 aromatic heterocycles. The third kappa shape index (κ3) is 7.09. The molecule has 3 aromatic carbocycles. The van der Waals surface area contributed by atoms with Gasteiger partial charge in [-0.15, -0.1) is 0 Å². The number of aliphatic carboxylic acids is 1. The third-order valence-electron chi connectivity index (χ3n) is 7.02. The fraction of sp³-hybridized carbons (Fsp3) is 0.233. The largest absolute Gasteiger partial charge is 0.478 e. The Kier molecular flexibility index (Phi) is 8.87. The highest BCUT2D eigenvalue weighted by atomic mass is 32.2. The standard InChI is InChI=1S/C30H33N7O5S/c1-30(28(39)40,36-43(41,42)25-12-9-22(10-13-25)21-7-3-2-4-8-21)35-27(38)23-11-14-26-24(19-23)20-34-37(26)18-6-17-33-29-31-15-5-16-32-29/h2-5,7-15,19-20,29,31-33,36H,6,16-18H2,1H3,(H,35,38)(H,39,40). The number of carboxylic acid groups (broad SMARTS) is 1. The second kappa shape index (κ2) is 12.8. The molecule has 43 heavy (non-hydrogen) atoms. The molecule has 0 saturated heterocycles. The van der Waals surface area contributed by atoms with Gasteiger partial charge in [-0.3, -0.25) is 20.1 Å². The van der Waals surface area contributed by atoms with Crippen LogP contribution in [-0.2, 0) is 21.4 Å². The Balaban J connectivity index is 1.24. The molecule has 224 valence electrons. The van der Waals surface area contributed by atoms with Crippen molar-refractivity contribution in [2.45, 2.75) is 36.7 Å². The van der Waals surface area contributed by atoms with Crippen LogP contribution in [0.15, 0.2) is 96.2 Å². The van der Waals surface area contributed by atoms with Crippen molar-refractivity contribution in [3.05, 3.63) is 96.8 Å². The zero-order valence-electron chi connectivity index (χ0n) is 23.4. The lowest BCUT2D eigenvalue weighted by atomic mass is 10.1. The van der Waals surface area contributed by atoms with Crippen molar-refractivity contribution in [1.82, 2.24) is 35.8 Å². The molecule has 1 amide bonds. The molecule has 1 aliphatic heterocycles. The number of carbonyl (C=O) groups excluding carboxylic acids is 1. The lowest BCUT2D eigenvalue weighted by molar-refractivity contribution is -0.144. The quantitative estimate of drug-likeness (QED) is 0.105. The normalized spacial score (nSPS) is 16.3. The zero-order chi connectivity index (χ0) is 30.5. The number of carboxylic acids is 1. The van der Waals surface area contributed by atoms with Gasteiger partial charge in [0.25, 0.3) is 5.91 Å². The first-order valence-electron chi connectivity index (χ1n) is 13.7. The van der Waals surface area contributed by atoms with Gasteiger partial charge >= 0.3 is 5.97 Å². The number of fused-ring (bicyclic) bond motifs is 1. The summed E-state index contributed by atoms with van der Waals surface area (Å²) in [5, 5.41) is 27.2. The van der Waals surface area contributed by atoms with Gasteiger partial charge in [-0.2, -0.15) is 9.82 Å². The monoisotopic (exact) mass is 603 g/mol. The first kappa shape index (κ1) is 29.9. The van der Waals surface area contributed by atoms with Gasteiger partial charge in [-0.25, -0.2) is 13.2 Å². The lowest BCUT2D eigenvalue weighted by Crippen LogP contribution is -2.63. The first-order chi connectivity index (χ1) is 20.6. The van der Waals surface area contributed by atoms with E-state index < -0.39 is 27.6 Å². The van der Waals surface area contributed by atoms with Crippen molar-refractivity contribution in [2.24, 2.45) is 0 Å². The molecule has 5 rings (SSSR count). The second-order valence-electron chi connectivity index (χ2n) is 10.2. The number of amides is 1. The van der Waals surface area contributed by atoms with Crippen LogP contribution in [0, 0.1) is 0 Å². The lowest BCUT2D eigenvalue weighted by Gasteiger charge is -2.27. The number of carbonyl (C=O) groups is 2. The number of nitrogens with zero attached hydrogens (tertiary/aromatic N) is 2. The molecule has 4 aromatic rings. The number of nitrogens with one attached hydrogen (secondary N) is 5. The second-order valence-corrected chi connectivity index (χ2v) is 11.9. The fourth-order valence-electron chi connectivity index (χ4n) is 4.69. The SMILES string of the molecule is CC(NC(=O)c1ccc2c(cnn2CCCNC2NC=CCN2)c1)(NS(=O)(=O)c1ccc(-c2ccccc2)cc1)C(=O)O. The van der Waals surface area contributed by atoms with Gasteiger partial charge in [0.05, 0.1) is 16.6 Å². The third-order valence-corrected chi connectivity index (χ3v) is 8.59. The molecule has 2 unspecified atom stereocenters. The van der Waals surface area contributed by atoms with E-state index in [-0.39, 0.29) is 16.7 Å². The van der Waals surface area contributed by atoms with E-state index in [2.05, 4.69) is 31.1 Å². The Hall–Kier alpha value is -4.56. The summed E-state index contributed by atoms with van der Waals surface area (Å²) in [7, 11) is -4.31. The highest BCUT2D eigenvalue weighted by molar-refractivity contribution is 7.89. The summed E-state index contributed by atoms with van der Waals surface area (Å²) in [6.45, 7) is 3.28. The highest BCUT2D eigenvalue weighted by Crippen LogP contribution is 2.22. The van der Waals surface area contributed by atoms with E-state index in [1.165, 1.54) is 12.1 Å². The van der Waals surface area contributed by atoms with Crippen LogP contribution in [0.25, 0.3) is 22.0 Å². The average molecular weight is 604 g/mol. The number of aromatic nitrogens is 2. The zero-order valence-corrected chi connectivity index (χ0v) is 24.3. The molecule has 0 spiro atoms.